The second-order valence-corrected chi connectivity index (χ2v) is 9.46. The third-order valence-electron chi connectivity index (χ3n) is 7.38. The van der Waals surface area contributed by atoms with Crippen LogP contribution < -0.4 is 23.7 Å². The molecule has 10 heteroatoms. The summed E-state index contributed by atoms with van der Waals surface area (Å²) in [5, 5.41) is 11.2. The molecule has 0 amide bonds. The second kappa shape index (κ2) is 10.0. The number of rotatable bonds is 6. The smallest absolute Gasteiger partial charge is 0.493 e. The highest BCUT2D eigenvalue weighted by Crippen LogP contribution is 2.55. The molecule has 0 spiro atoms. The Bertz CT molecular complexity index is 1390. The number of aliphatic hydroxyl groups excluding tert-OH is 1. The molecule has 39 heavy (non-hydrogen) atoms. The van der Waals surface area contributed by atoms with Crippen molar-refractivity contribution < 1.29 is 47.9 Å². The number of hydrogen-bond donors (Lipinski definition) is 1. The van der Waals surface area contributed by atoms with E-state index >= 15 is 0 Å². The molecule has 3 aromatic rings. The summed E-state index contributed by atoms with van der Waals surface area (Å²) in [7, 11) is 2.89. The zero-order valence-corrected chi connectivity index (χ0v) is 21.2. The van der Waals surface area contributed by atoms with E-state index in [9.17, 15) is 14.7 Å². The van der Waals surface area contributed by atoms with Crippen LogP contribution in [0.5, 0.6) is 28.7 Å². The van der Waals surface area contributed by atoms with Crippen LogP contribution in [0.3, 0.4) is 0 Å². The van der Waals surface area contributed by atoms with E-state index in [4.69, 9.17) is 33.2 Å². The van der Waals surface area contributed by atoms with Crippen LogP contribution in [-0.2, 0) is 20.9 Å². The average molecular weight is 535 g/mol. The average Bonchev–Trinajstić information content (AvgIpc) is 3.58. The van der Waals surface area contributed by atoms with E-state index in [0.717, 1.165) is 11.1 Å². The summed E-state index contributed by atoms with van der Waals surface area (Å²) < 4.78 is 38.5. The predicted octanol–water partition coefficient (Wildman–Crippen LogP) is 4.12. The summed E-state index contributed by atoms with van der Waals surface area (Å²) >= 11 is 0. The van der Waals surface area contributed by atoms with Crippen LogP contribution in [0.1, 0.15) is 34.3 Å². The lowest BCUT2D eigenvalue weighted by Crippen LogP contribution is -2.34. The van der Waals surface area contributed by atoms with Crippen molar-refractivity contribution in [2.75, 3.05) is 27.6 Å². The Balaban J connectivity index is 1.37. The van der Waals surface area contributed by atoms with E-state index in [1.54, 1.807) is 18.2 Å². The number of carbonyl (C=O) groups is 2. The number of benzene rings is 3. The van der Waals surface area contributed by atoms with Crippen molar-refractivity contribution in [1.82, 2.24) is 0 Å². The first-order valence-corrected chi connectivity index (χ1v) is 12.4. The van der Waals surface area contributed by atoms with Crippen LogP contribution in [0.2, 0.25) is 0 Å². The third kappa shape index (κ3) is 4.36. The van der Waals surface area contributed by atoms with Gasteiger partial charge in [-0.25, -0.2) is 4.79 Å². The molecule has 0 unspecified atom stereocenters. The van der Waals surface area contributed by atoms with Crippen molar-refractivity contribution in [2.24, 2.45) is 11.8 Å². The zero-order chi connectivity index (χ0) is 27.1. The lowest BCUT2D eigenvalue weighted by atomic mass is 9.66. The standard InChI is InChI=1S/C29H26O10/c1-33-22-8-16(9-23(34-2)27(22)39-29(32)36-12-15-6-4-3-5-7-15)24-17-10-20-21(38-14-37-20)11-18(17)26(30)25-19(24)13-35-28(25)31/h3-11,19,24-26,30H,12-14H2,1-2H3/t19-,24+,25+,26-/m0/s1. The number of fused-ring (bicyclic) bond motifs is 3. The van der Waals surface area contributed by atoms with Crippen molar-refractivity contribution >= 4 is 12.1 Å². The number of cyclic esters (lactones) is 1. The van der Waals surface area contributed by atoms with Gasteiger partial charge in [0.1, 0.15) is 6.61 Å². The summed E-state index contributed by atoms with van der Waals surface area (Å²) in [6.45, 7) is 0.243. The minimum atomic E-state index is -1.06. The highest BCUT2D eigenvalue weighted by Gasteiger charge is 2.52. The Labute approximate surface area is 223 Å². The fourth-order valence-electron chi connectivity index (χ4n) is 5.58. The molecule has 1 aliphatic carbocycles. The summed E-state index contributed by atoms with van der Waals surface area (Å²) in [5.41, 5.74) is 2.86. The maximum atomic E-state index is 12.7. The van der Waals surface area contributed by atoms with Gasteiger partial charge in [-0.1, -0.05) is 30.3 Å². The van der Waals surface area contributed by atoms with Crippen molar-refractivity contribution in [3.8, 4) is 28.7 Å². The maximum Gasteiger partial charge on any atom is 0.514 e. The zero-order valence-electron chi connectivity index (χ0n) is 21.2. The largest absolute Gasteiger partial charge is 0.514 e. The quantitative estimate of drug-likeness (QED) is 0.365. The lowest BCUT2D eigenvalue weighted by molar-refractivity contribution is -0.144. The molecule has 10 nitrogen and oxygen atoms in total. The molecule has 0 aromatic heterocycles. The number of esters is 1. The van der Waals surface area contributed by atoms with Crippen LogP contribution in [0.25, 0.3) is 0 Å². The number of aliphatic hydroxyl groups is 1. The maximum absolute atomic E-state index is 12.7. The number of ether oxygens (including phenoxy) is 7. The van der Waals surface area contributed by atoms with Crippen molar-refractivity contribution in [2.45, 2.75) is 18.6 Å². The van der Waals surface area contributed by atoms with Gasteiger partial charge in [0.15, 0.2) is 23.0 Å². The molecule has 1 saturated heterocycles. The van der Waals surface area contributed by atoms with Gasteiger partial charge >= 0.3 is 12.1 Å². The van der Waals surface area contributed by atoms with Crippen LogP contribution in [-0.4, -0.2) is 44.9 Å². The Morgan fingerprint density at radius 1 is 0.949 bits per heavy atom. The molecule has 0 saturated carbocycles. The third-order valence-corrected chi connectivity index (χ3v) is 7.38. The van der Waals surface area contributed by atoms with Crippen molar-refractivity contribution in [3.63, 3.8) is 0 Å². The highest BCUT2D eigenvalue weighted by atomic mass is 16.7. The molecule has 2 aliphatic heterocycles. The van der Waals surface area contributed by atoms with E-state index < -0.39 is 30.1 Å². The molecule has 202 valence electrons. The summed E-state index contributed by atoms with van der Waals surface area (Å²) in [5.74, 6) is -0.400. The van der Waals surface area contributed by atoms with Crippen molar-refractivity contribution in [3.05, 3.63) is 76.9 Å². The lowest BCUT2D eigenvalue weighted by Gasteiger charge is -2.37. The first-order valence-electron chi connectivity index (χ1n) is 12.4. The number of hydrogen-bond acceptors (Lipinski definition) is 10. The minimum Gasteiger partial charge on any atom is -0.493 e. The van der Waals surface area contributed by atoms with Crippen LogP contribution in [0.4, 0.5) is 4.79 Å². The highest BCUT2D eigenvalue weighted by molar-refractivity contribution is 5.78. The molecule has 3 aromatic carbocycles. The van der Waals surface area contributed by atoms with E-state index in [-0.39, 0.29) is 43.2 Å². The molecular weight excluding hydrogens is 508 g/mol. The monoisotopic (exact) mass is 534 g/mol. The van der Waals surface area contributed by atoms with Gasteiger partial charge in [0.2, 0.25) is 12.5 Å². The van der Waals surface area contributed by atoms with E-state index in [1.165, 1.54) is 14.2 Å². The van der Waals surface area contributed by atoms with Gasteiger partial charge in [-0.05, 0) is 46.5 Å². The van der Waals surface area contributed by atoms with Gasteiger partial charge in [-0.3, -0.25) is 4.79 Å². The first kappa shape index (κ1) is 24.9. The Morgan fingerprint density at radius 3 is 2.28 bits per heavy atom. The van der Waals surface area contributed by atoms with Gasteiger partial charge in [0.05, 0.1) is 32.8 Å². The minimum absolute atomic E-state index is 0.0385. The Kier molecular flexibility index (Phi) is 6.40. The topological polar surface area (TPSA) is 119 Å². The first-order chi connectivity index (χ1) is 19.0. The molecule has 4 atom stereocenters. The van der Waals surface area contributed by atoms with Gasteiger partial charge in [-0.15, -0.1) is 0 Å². The fourth-order valence-corrected chi connectivity index (χ4v) is 5.58. The normalized spacial score (nSPS) is 22.4. The molecule has 0 radical (unpaired) electrons. The SMILES string of the molecule is COc1cc([C@@H]2c3cc4c(cc3[C@H](O)[C@@H]3C(=O)OC[C@@H]23)OCO4)cc(OC)c1OC(=O)OCc1ccccc1. The van der Waals surface area contributed by atoms with Crippen LogP contribution in [0.15, 0.2) is 54.6 Å². The molecule has 1 fully saturated rings. The molecule has 1 N–H and O–H groups in total. The summed E-state index contributed by atoms with van der Waals surface area (Å²) in [6.07, 6.45) is -1.98. The molecule has 0 bridgehead atoms. The van der Waals surface area contributed by atoms with Crippen LogP contribution in [0, 0.1) is 11.8 Å². The van der Waals surface area contributed by atoms with Gasteiger partial charge in [0.25, 0.3) is 0 Å². The molecular formula is C29H26O10. The Morgan fingerprint density at radius 2 is 1.62 bits per heavy atom. The molecule has 2 heterocycles. The van der Waals surface area contributed by atoms with Gasteiger partial charge in [-0.2, -0.15) is 0 Å². The number of methoxy groups -OCH3 is 2. The summed E-state index contributed by atoms with van der Waals surface area (Å²) in [6, 6.07) is 16.2. The number of carbonyl (C=O) groups excluding carboxylic acids is 2. The van der Waals surface area contributed by atoms with E-state index in [0.29, 0.717) is 22.6 Å². The van der Waals surface area contributed by atoms with Crippen molar-refractivity contribution in [1.29, 1.82) is 0 Å². The van der Waals surface area contributed by atoms with Gasteiger partial charge in [0, 0.05) is 11.8 Å². The second-order valence-electron chi connectivity index (χ2n) is 9.46. The van der Waals surface area contributed by atoms with Gasteiger partial charge < -0.3 is 38.3 Å². The molecule has 3 aliphatic rings. The van der Waals surface area contributed by atoms with Crippen LogP contribution >= 0.6 is 0 Å². The Hall–Kier alpha value is -4.44. The van der Waals surface area contributed by atoms with E-state index in [1.807, 2.05) is 36.4 Å². The van der Waals surface area contributed by atoms with E-state index in [2.05, 4.69) is 0 Å². The summed E-state index contributed by atoms with van der Waals surface area (Å²) in [4.78, 5) is 25.2. The fraction of sp³-hybridized carbons (Fsp3) is 0.310. The predicted molar refractivity (Wildman–Crippen MR) is 134 cm³/mol. The molecule has 6 rings (SSSR count).